The largest absolute Gasteiger partial charge is 0.481 e. The number of nitrogens with zero attached hydrogens (tertiary/aromatic N) is 3. The first-order valence-corrected chi connectivity index (χ1v) is 5.11. The molecule has 0 aliphatic rings. The zero-order chi connectivity index (χ0) is 11.8. The lowest BCUT2D eigenvalue weighted by molar-refractivity contribution is -0.138. The van der Waals surface area contributed by atoms with E-state index in [0.29, 0.717) is 12.2 Å². The lowest BCUT2D eigenvalue weighted by Crippen LogP contribution is -2.06. The monoisotopic (exact) mass is 264 g/mol. The summed E-state index contributed by atoms with van der Waals surface area (Å²) in [4.78, 5) is 10.2. The first-order valence-electron chi connectivity index (χ1n) is 5.11. The Morgan fingerprint density at radius 1 is 1.59 bits per heavy atom. The fourth-order valence-corrected chi connectivity index (χ4v) is 1.10. The van der Waals surface area contributed by atoms with Gasteiger partial charge in [-0.3, -0.25) is 9.48 Å². The van der Waals surface area contributed by atoms with Crippen LogP contribution in [0.3, 0.4) is 0 Å². The van der Waals surface area contributed by atoms with Gasteiger partial charge in [0.05, 0.1) is 25.8 Å². The van der Waals surface area contributed by atoms with E-state index >= 15 is 0 Å². The van der Waals surface area contributed by atoms with Crippen LogP contribution in [-0.2, 0) is 22.7 Å². The third kappa shape index (κ3) is 6.88. The van der Waals surface area contributed by atoms with Gasteiger partial charge >= 0.3 is 5.97 Å². The Bertz CT molecular complexity index is 332. The molecule has 0 spiro atoms. The van der Waals surface area contributed by atoms with E-state index in [1.165, 1.54) is 0 Å². The van der Waals surface area contributed by atoms with E-state index in [-0.39, 0.29) is 32.0 Å². The molecule has 0 aromatic carbocycles. The van der Waals surface area contributed by atoms with Crippen LogP contribution >= 0.6 is 12.4 Å². The third-order valence-corrected chi connectivity index (χ3v) is 1.89. The van der Waals surface area contributed by atoms with Gasteiger partial charge in [-0.05, 0) is 13.0 Å². The molecule has 0 fully saturated rings. The van der Waals surface area contributed by atoms with Crippen molar-refractivity contribution < 1.29 is 14.6 Å². The van der Waals surface area contributed by atoms with Gasteiger partial charge < -0.3 is 15.6 Å². The number of ether oxygens (including phenoxy) is 1. The number of carbonyl (C=O) groups is 1. The normalized spacial score (nSPS) is 9.94. The summed E-state index contributed by atoms with van der Waals surface area (Å²) in [6, 6.07) is 0. The molecule has 3 N–H and O–H groups in total. The Hall–Kier alpha value is -1.18. The minimum absolute atomic E-state index is 0. The van der Waals surface area contributed by atoms with Gasteiger partial charge in [-0.15, -0.1) is 17.5 Å². The molecule has 0 unspecified atom stereocenters. The van der Waals surface area contributed by atoms with Crippen LogP contribution in [0.25, 0.3) is 0 Å². The average Bonchev–Trinajstić information content (AvgIpc) is 2.69. The predicted octanol–water partition coefficient (Wildman–Crippen LogP) is 0.0400. The molecule has 1 rings (SSSR count). The molecule has 7 nitrogen and oxygen atoms in total. The molecule has 0 saturated heterocycles. The first kappa shape index (κ1) is 15.8. The lowest BCUT2D eigenvalue weighted by Gasteiger charge is -1.98. The Labute approximate surface area is 105 Å². The number of hydrogen-bond acceptors (Lipinski definition) is 5. The van der Waals surface area contributed by atoms with Crippen LogP contribution in [0.5, 0.6) is 0 Å². The molecule has 1 aromatic heterocycles. The molecule has 0 saturated carbocycles. The Morgan fingerprint density at radius 2 is 2.35 bits per heavy atom. The van der Waals surface area contributed by atoms with E-state index in [0.717, 1.165) is 13.0 Å². The molecule has 0 amide bonds. The summed E-state index contributed by atoms with van der Waals surface area (Å²) in [5.41, 5.74) is 6.06. The highest BCUT2D eigenvalue weighted by molar-refractivity contribution is 5.85. The molecule has 1 heterocycles. The fourth-order valence-electron chi connectivity index (χ4n) is 1.10. The van der Waals surface area contributed by atoms with Crippen LogP contribution in [0.1, 0.15) is 18.5 Å². The first-order chi connectivity index (χ1) is 7.72. The molecule has 0 radical (unpaired) electrons. The van der Waals surface area contributed by atoms with Crippen molar-refractivity contribution in [3.8, 4) is 0 Å². The van der Waals surface area contributed by atoms with Crippen molar-refractivity contribution in [3.63, 3.8) is 0 Å². The number of carboxylic acids is 1. The Morgan fingerprint density at radius 3 is 3.00 bits per heavy atom. The zero-order valence-electron chi connectivity index (χ0n) is 9.41. The van der Waals surface area contributed by atoms with E-state index in [1.807, 2.05) is 0 Å². The minimum Gasteiger partial charge on any atom is -0.481 e. The van der Waals surface area contributed by atoms with E-state index in [1.54, 1.807) is 10.9 Å². The molecule has 0 aliphatic carbocycles. The van der Waals surface area contributed by atoms with Gasteiger partial charge in [-0.25, -0.2) is 0 Å². The van der Waals surface area contributed by atoms with Crippen molar-refractivity contribution in [1.29, 1.82) is 0 Å². The van der Waals surface area contributed by atoms with Crippen molar-refractivity contribution in [2.24, 2.45) is 5.73 Å². The summed E-state index contributed by atoms with van der Waals surface area (Å²) in [5, 5.41) is 16.2. The van der Waals surface area contributed by atoms with Crippen molar-refractivity contribution in [2.45, 2.75) is 26.0 Å². The maximum absolute atomic E-state index is 10.2. The number of carboxylic acid groups (broad SMARTS) is 1. The topological polar surface area (TPSA) is 103 Å². The highest BCUT2D eigenvalue weighted by Crippen LogP contribution is 1.97. The summed E-state index contributed by atoms with van der Waals surface area (Å²) < 4.78 is 6.82. The molecular formula is C9H17ClN4O3. The summed E-state index contributed by atoms with van der Waals surface area (Å²) in [7, 11) is 0. The molecule has 98 valence electrons. The summed E-state index contributed by atoms with van der Waals surface area (Å²) in [6.45, 7) is 1.82. The van der Waals surface area contributed by atoms with Gasteiger partial charge in [0.15, 0.2) is 0 Å². The second-order valence-corrected chi connectivity index (χ2v) is 3.31. The molecule has 1 aromatic rings. The number of aliphatic carboxylic acids is 1. The van der Waals surface area contributed by atoms with Gasteiger partial charge in [0.1, 0.15) is 5.69 Å². The third-order valence-electron chi connectivity index (χ3n) is 1.89. The van der Waals surface area contributed by atoms with Crippen LogP contribution in [0, 0.1) is 0 Å². The fraction of sp³-hybridized carbons (Fsp3) is 0.667. The molecule has 17 heavy (non-hydrogen) atoms. The molecular weight excluding hydrogens is 248 g/mol. The van der Waals surface area contributed by atoms with Crippen molar-refractivity contribution in [2.75, 3.05) is 13.2 Å². The minimum atomic E-state index is -0.869. The predicted molar refractivity (Wildman–Crippen MR) is 62.9 cm³/mol. The van der Waals surface area contributed by atoms with Gasteiger partial charge in [-0.1, -0.05) is 5.21 Å². The van der Waals surface area contributed by atoms with Gasteiger partial charge in [-0.2, -0.15) is 0 Å². The van der Waals surface area contributed by atoms with E-state index < -0.39 is 5.97 Å². The Kier molecular flexibility index (Phi) is 8.29. The SMILES string of the molecule is Cl.NCCCn1cc(COCCC(=O)O)nn1. The smallest absolute Gasteiger partial charge is 0.305 e. The Balaban J connectivity index is 0.00000256. The standard InChI is InChI=1S/C9H16N4O3.ClH/c10-3-1-4-13-6-8(11-12-13)7-16-5-2-9(14)15;/h6H,1-5,7,10H2,(H,14,15);1H. The molecule has 0 aliphatic heterocycles. The summed E-state index contributed by atoms with van der Waals surface area (Å²) in [5.74, 6) is -0.869. The maximum atomic E-state index is 10.2. The van der Waals surface area contributed by atoms with Crippen molar-refractivity contribution in [1.82, 2.24) is 15.0 Å². The second-order valence-electron chi connectivity index (χ2n) is 3.31. The lowest BCUT2D eigenvalue weighted by atomic mass is 10.4. The number of hydrogen-bond donors (Lipinski definition) is 2. The van der Waals surface area contributed by atoms with E-state index in [9.17, 15) is 4.79 Å². The zero-order valence-corrected chi connectivity index (χ0v) is 10.2. The quantitative estimate of drug-likeness (QED) is 0.643. The van der Waals surface area contributed by atoms with Gasteiger partial charge in [0.2, 0.25) is 0 Å². The van der Waals surface area contributed by atoms with Crippen LogP contribution in [0.4, 0.5) is 0 Å². The maximum Gasteiger partial charge on any atom is 0.305 e. The van der Waals surface area contributed by atoms with Gasteiger partial charge in [0, 0.05) is 6.54 Å². The van der Waals surface area contributed by atoms with Crippen molar-refractivity contribution >= 4 is 18.4 Å². The number of halogens is 1. The van der Waals surface area contributed by atoms with Crippen LogP contribution in [-0.4, -0.2) is 39.2 Å². The molecule has 0 atom stereocenters. The summed E-state index contributed by atoms with van der Waals surface area (Å²) in [6.07, 6.45) is 2.63. The number of aromatic nitrogens is 3. The highest BCUT2D eigenvalue weighted by Gasteiger charge is 2.01. The average molecular weight is 265 g/mol. The number of aryl methyl sites for hydroxylation is 1. The van der Waals surface area contributed by atoms with Crippen molar-refractivity contribution in [3.05, 3.63) is 11.9 Å². The van der Waals surface area contributed by atoms with Crippen LogP contribution in [0.2, 0.25) is 0 Å². The molecule has 8 heteroatoms. The molecule has 0 bridgehead atoms. The summed E-state index contributed by atoms with van der Waals surface area (Å²) >= 11 is 0. The van der Waals surface area contributed by atoms with Gasteiger partial charge in [0.25, 0.3) is 0 Å². The van der Waals surface area contributed by atoms with Crippen LogP contribution < -0.4 is 5.73 Å². The van der Waals surface area contributed by atoms with E-state index in [2.05, 4.69) is 10.3 Å². The number of nitrogens with two attached hydrogens (primary N) is 1. The van der Waals surface area contributed by atoms with E-state index in [4.69, 9.17) is 15.6 Å². The number of rotatable bonds is 8. The second kappa shape index (κ2) is 8.91. The van der Waals surface area contributed by atoms with Crippen LogP contribution in [0.15, 0.2) is 6.20 Å². The highest BCUT2D eigenvalue weighted by atomic mass is 35.5.